The SMILES string of the molecule is O=S(=O)(O)C(F)(F)C(OCCC1CCCC1)C(F)(F)F. The molecule has 0 aliphatic heterocycles. The standard InChI is InChI=1S/C10H15F5O4S/c11-9(12,13)8(10(14,15)20(16,17)18)19-6-5-7-3-1-2-4-7/h7-8H,1-6H2,(H,16,17,18). The molecular formula is C10H15F5O4S. The molecule has 120 valence electrons. The van der Waals surface area contributed by atoms with E-state index < -0.39 is 34.3 Å². The van der Waals surface area contributed by atoms with Crippen molar-refractivity contribution in [3.63, 3.8) is 0 Å². The molecule has 0 aromatic rings. The van der Waals surface area contributed by atoms with Crippen LogP contribution in [0, 0.1) is 5.92 Å². The molecule has 0 bridgehead atoms. The molecule has 0 spiro atoms. The molecule has 20 heavy (non-hydrogen) atoms. The maximum absolute atomic E-state index is 13.1. The number of hydrogen-bond acceptors (Lipinski definition) is 3. The van der Waals surface area contributed by atoms with E-state index in [1.165, 1.54) is 0 Å². The molecule has 0 aromatic carbocycles. The summed E-state index contributed by atoms with van der Waals surface area (Å²) < 4.78 is 96.7. The lowest BCUT2D eigenvalue weighted by molar-refractivity contribution is -0.265. The van der Waals surface area contributed by atoms with Crippen molar-refractivity contribution in [3.8, 4) is 0 Å². The highest BCUT2D eigenvalue weighted by molar-refractivity contribution is 7.86. The predicted octanol–water partition coefficient (Wildman–Crippen LogP) is 2.99. The van der Waals surface area contributed by atoms with Crippen molar-refractivity contribution in [1.82, 2.24) is 0 Å². The fourth-order valence-corrected chi connectivity index (χ4v) is 2.64. The molecule has 0 amide bonds. The van der Waals surface area contributed by atoms with Gasteiger partial charge in [0, 0.05) is 6.61 Å². The van der Waals surface area contributed by atoms with Crippen LogP contribution in [-0.2, 0) is 14.9 Å². The predicted molar refractivity (Wildman–Crippen MR) is 58.9 cm³/mol. The molecule has 0 heterocycles. The zero-order valence-corrected chi connectivity index (χ0v) is 11.2. The second-order valence-corrected chi connectivity index (χ2v) is 6.26. The largest absolute Gasteiger partial charge is 0.421 e. The summed E-state index contributed by atoms with van der Waals surface area (Å²) in [6, 6.07) is 0. The van der Waals surface area contributed by atoms with Crippen LogP contribution in [0.3, 0.4) is 0 Å². The lowest BCUT2D eigenvalue weighted by Crippen LogP contribution is -2.51. The van der Waals surface area contributed by atoms with E-state index in [4.69, 9.17) is 4.55 Å². The van der Waals surface area contributed by atoms with E-state index in [1.54, 1.807) is 0 Å². The summed E-state index contributed by atoms with van der Waals surface area (Å²) in [4.78, 5) is 0. The lowest BCUT2D eigenvalue weighted by atomic mass is 10.1. The molecule has 1 rings (SSSR count). The summed E-state index contributed by atoms with van der Waals surface area (Å²) in [5.74, 6) is 0.100. The fourth-order valence-electron chi connectivity index (χ4n) is 2.17. The van der Waals surface area contributed by atoms with Gasteiger partial charge in [-0.1, -0.05) is 25.7 Å². The first-order valence-electron chi connectivity index (χ1n) is 5.99. The minimum atomic E-state index is -6.21. The minimum absolute atomic E-state index is 0.100. The first-order valence-corrected chi connectivity index (χ1v) is 7.43. The lowest BCUT2D eigenvalue weighted by Gasteiger charge is -2.26. The zero-order valence-electron chi connectivity index (χ0n) is 10.4. The summed E-state index contributed by atoms with van der Waals surface area (Å²) >= 11 is 0. The summed E-state index contributed by atoms with van der Waals surface area (Å²) in [7, 11) is -6.21. The van der Waals surface area contributed by atoms with Crippen LogP contribution in [0.15, 0.2) is 0 Å². The molecule has 1 atom stereocenters. The van der Waals surface area contributed by atoms with Gasteiger partial charge in [0.25, 0.3) is 0 Å². The summed E-state index contributed by atoms with van der Waals surface area (Å²) in [5.41, 5.74) is 0. The van der Waals surface area contributed by atoms with Crippen molar-refractivity contribution in [3.05, 3.63) is 0 Å². The molecule has 1 N–H and O–H groups in total. The topological polar surface area (TPSA) is 63.6 Å². The van der Waals surface area contributed by atoms with Crippen LogP contribution < -0.4 is 0 Å². The van der Waals surface area contributed by atoms with E-state index in [-0.39, 0.29) is 12.3 Å². The molecule has 1 unspecified atom stereocenters. The Labute approximate surface area is 113 Å². The maximum Gasteiger partial charge on any atom is 0.421 e. The van der Waals surface area contributed by atoms with Crippen LogP contribution in [0.4, 0.5) is 22.0 Å². The van der Waals surface area contributed by atoms with Crippen LogP contribution in [0.5, 0.6) is 0 Å². The molecule has 1 aliphatic carbocycles. The zero-order chi connectivity index (χ0) is 15.6. The summed E-state index contributed by atoms with van der Waals surface area (Å²) in [6.07, 6.45) is -5.90. The quantitative estimate of drug-likeness (QED) is 0.602. The van der Waals surface area contributed by atoms with Crippen molar-refractivity contribution < 1.29 is 39.7 Å². The Hall–Kier alpha value is -0.480. The van der Waals surface area contributed by atoms with Gasteiger partial charge in [0.1, 0.15) is 0 Å². The number of ether oxygens (including phenoxy) is 1. The highest BCUT2D eigenvalue weighted by Gasteiger charge is 2.64. The van der Waals surface area contributed by atoms with Gasteiger partial charge in [-0.15, -0.1) is 0 Å². The van der Waals surface area contributed by atoms with E-state index >= 15 is 0 Å². The molecule has 0 saturated heterocycles. The van der Waals surface area contributed by atoms with Gasteiger partial charge in [-0.3, -0.25) is 4.55 Å². The molecular weight excluding hydrogens is 311 g/mol. The average Bonchev–Trinajstić information content (AvgIpc) is 2.73. The second-order valence-electron chi connectivity index (χ2n) is 4.77. The van der Waals surface area contributed by atoms with Crippen molar-refractivity contribution in [1.29, 1.82) is 0 Å². The Bertz CT molecular complexity index is 414. The molecule has 1 saturated carbocycles. The first kappa shape index (κ1) is 17.6. The number of rotatable bonds is 6. The molecule has 0 radical (unpaired) electrons. The third kappa shape index (κ3) is 4.26. The fraction of sp³-hybridized carbons (Fsp3) is 1.00. The van der Waals surface area contributed by atoms with Crippen LogP contribution in [0.25, 0.3) is 0 Å². The van der Waals surface area contributed by atoms with Gasteiger partial charge in [0.15, 0.2) is 0 Å². The summed E-state index contributed by atoms with van der Waals surface area (Å²) in [5, 5.41) is -5.43. The van der Waals surface area contributed by atoms with Crippen LogP contribution >= 0.6 is 0 Å². The van der Waals surface area contributed by atoms with Crippen molar-refractivity contribution in [2.45, 2.75) is 49.6 Å². The Morgan fingerprint density at radius 3 is 2.05 bits per heavy atom. The minimum Gasteiger partial charge on any atom is -0.362 e. The second kappa shape index (κ2) is 6.10. The number of halogens is 5. The first-order chi connectivity index (χ1) is 8.96. The smallest absolute Gasteiger partial charge is 0.362 e. The Morgan fingerprint density at radius 1 is 1.15 bits per heavy atom. The monoisotopic (exact) mass is 326 g/mol. The van der Waals surface area contributed by atoms with E-state index in [0.717, 1.165) is 25.7 Å². The third-order valence-electron chi connectivity index (χ3n) is 3.23. The molecule has 10 heteroatoms. The van der Waals surface area contributed by atoms with E-state index in [9.17, 15) is 30.4 Å². The van der Waals surface area contributed by atoms with E-state index in [0.29, 0.717) is 0 Å². The number of hydrogen-bond donors (Lipinski definition) is 1. The summed E-state index contributed by atoms with van der Waals surface area (Å²) in [6.45, 7) is -0.639. The molecule has 1 aliphatic rings. The van der Waals surface area contributed by atoms with Crippen molar-refractivity contribution >= 4 is 10.1 Å². The van der Waals surface area contributed by atoms with Gasteiger partial charge in [-0.25, -0.2) is 0 Å². The van der Waals surface area contributed by atoms with Crippen molar-refractivity contribution in [2.24, 2.45) is 5.92 Å². The van der Waals surface area contributed by atoms with Crippen molar-refractivity contribution in [2.75, 3.05) is 6.61 Å². The van der Waals surface area contributed by atoms with Gasteiger partial charge in [-0.2, -0.15) is 30.4 Å². The Morgan fingerprint density at radius 2 is 1.65 bits per heavy atom. The van der Waals surface area contributed by atoms with Gasteiger partial charge < -0.3 is 4.74 Å². The van der Waals surface area contributed by atoms with Gasteiger partial charge >= 0.3 is 21.5 Å². The van der Waals surface area contributed by atoms with E-state index in [1.807, 2.05) is 0 Å². The van der Waals surface area contributed by atoms with Crippen LogP contribution in [0.1, 0.15) is 32.1 Å². The van der Waals surface area contributed by atoms with E-state index in [2.05, 4.69) is 4.74 Å². The highest BCUT2D eigenvalue weighted by Crippen LogP contribution is 2.38. The molecule has 1 fully saturated rings. The Kier molecular flexibility index (Phi) is 5.36. The van der Waals surface area contributed by atoms with Gasteiger partial charge in [-0.05, 0) is 12.3 Å². The average molecular weight is 326 g/mol. The highest BCUT2D eigenvalue weighted by atomic mass is 32.2. The number of alkyl halides is 5. The van der Waals surface area contributed by atoms with Crippen LogP contribution in [-0.4, -0.2) is 37.1 Å². The maximum atomic E-state index is 13.1. The molecule has 0 aromatic heterocycles. The molecule has 4 nitrogen and oxygen atoms in total. The van der Waals surface area contributed by atoms with Crippen LogP contribution in [0.2, 0.25) is 0 Å². The Balaban J connectivity index is 2.70. The third-order valence-corrected chi connectivity index (χ3v) is 4.13. The van der Waals surface area contributed by atoms with Gasteiger partial charge in [0.2, 0.25) is 6.10 Å². The normalized spacial score (nSPS) is 20.3. The van der Waals surface area contributed by atoms with Gasteiger partial charge in [0.05, 0.1) is 0 Å².